The third kappa shape index (κ3) is 3.72. The molecule has 0 aromatic heterocycles. The quantitative estimate of drug-likeness (QED) is 0.664. The van der Waals surface area contributed by atoms with Crippen LogP contribution in [0.3, 0.4) is 0 Å². The van der Waals surface area contributed by atoms with Gasteiger partial charge in [-0.2, -0.15) is 0 Å². The molecule has 3 heteroatoms. The summed E-state index contributed by atoms with van der Waals surface area (Å²) in [5.74, 6) is 0.754. The Hall–Kier alpha value is -2.55. The molecule has 0 atom stereocenters. The number of hydrogen-bond donors (Lipinski definition) is 1. The van der Waals surface area contributed by atoms with Crippen LogP contribution < -0.4 is 4.74 Å². The molecule has 1 N–H and O–H groups in total. The summed E-state index contributed by atoms with van der Waals surface area (Å²) in [5, 5.41) is 9.34. The Morgan fingerprint density at radius 1 is 1.20 bits per heavy atom. The molecule has 0 amide bonds. The molecule has 0 spiro atoms. The Labute approximate surface area is 118 Å². The van der Waals surface area contributed by atoms with Crippen molar-refractivity contribution in [3.05, 3.63) is 65.7 Å². The van der Waals surface area contributed by atoms with Gasteiger partial charge in [-0.25, -0.2) is 0 Å². The molecule has 0 unspecified atom stereocenters. The lowest BCUT2D eigenvalue weighted by atomic mass is 10.1. The number of phenols is 1. The van der Waals surface area contributed by atoms with E-state index in [-0.39, 0.29) is 11.5 Å². The molecule has 2 rings (SSSR count). The second-order valence-electron chi connectivity index (χ2n) is 4.25. The van der Waals surface area contributed by atoms with E-state index in [1.165, 1.54) is 18.2 Å². The third-order valence-electron chi connectivity index (χ3n) is 2.75. The van der Waals surface area contributed by atoms with Gasteiger partial charge in [-0.15, -0.1) is 0 Å². The Balaban J connectivity index is 2.07. The smallest absolute Gasteiger partial charge is 0.185 e. The van der Waals surface area contributed by atoms with Gasteiger partial charge in [0.15, 0.2) is 5.78 Å². The maximum atomic E-state index is 11.9. The van der Waals surface area contributed by atoms with Crippen LogP contribution in [0.4, 0.5) is 0 Å². The summed E-state index contributed by atoms with van der Waals surface area (Å²) in [5.41, 5.74) is 1.38. The van der Waals surface area contributed by atoms with E-state index in [1.807, 2.05) is 31.2 Å². The van der Waals surface area contributed by atoms with Gasteiger partial charge in [0.1, 0.15) is 11.5 Å². The number of carbonyl (C=O) groups excluding carboxylic acids is 1. The van der Waals surface area contributed by atoms with Gasteiger partial charge in [0.05, 0.1) is 6.61 Å². The van der Waals surface area contributed by atoms with E-state index < -0.39 is 0 Å². The van der Waals surface area contributed by atoms with Crippen molar-refractivity contribution in [1.29, 1.82) is 0 Å². The minimum atomic E-state index is -0.144. The number of aromatic hydroxyl groups is 1. The number of allylic oxidation sites excluding steroid dienone is 1. The van der Waals surface area contributed by atoms with Crippen LogP contribution in [0.1, 0.15) is 22.8 Å². The van der Waals surface area contributed by atoms with Gasteiger partial charge in [-0.3, -0.25) is 4.79 Å². The molecule has 0 heterocycles. The van der Waals surface area contributed by atoms with E-state index in [0.29, 0.717) is 12.2 Å². The highest BCUT2D eigenvalue weighted by atomic mass is 16.5. The fourth-order valence-electron chi connectivity index (χ4n) is 1.77. The van der Waals surface area contributed by atoms with Crippen LogP contribution in [0, 0.1) is 0 Å². The molecular formula is C17H16O3. The zero-order valence-electron chi connectivity index (χ0n) is 11.2. The highest BCUT2D eigenvalue weighted by Crippen LogP contribution is 2.15. The first-order chi connectivity index (χ1) is 9.69. The molecule has 0 fully saturated rings. The van der Waals surface area contributed by atoms with E-state index in [1.54, 1.807) is 18.2 Å². The molecule has 3 nitrogen and oxygen atoms in total. The van der Waals surface area contributed by atoms with Crippen LogP contribution in [-0.4, -0.2) is 17.5 Å². The summed E-state index contributed by atoms with van der Waals surface area (Å²) >= 11 is 0. The van der Waals surface area contributed by atoms with Crippen molar-refractivity contribution >= 4 is 11.9 Å². The third-order valence-corrected chi connectivity index (χ3v) is 2.75. The number of phenolic OH excluding ortho intramolecular Hbond substituents is 1. The number of hydrogen-bond acceptors (Lipinski definition) is 3. The summed E-state index contributed by atoms with van der Waals surface area (Å²) < 4.78 is 5.35. The van der Waals surface area contributed by atoms with Crippen molar-refractivity contribution in [1.82, 2.24) is 0 Å². The molecule has 0 saturated carbocycles. The first kappa shape index (κ1) is 13.9. The van der Waals surface area contributed by atoms with Crippen LogP contribution in [0.5, 0.6) is 11.5 Å². The van der Waals surface area contributed by atoms with Crippen molar-refractivity contribution in [2.45, 2.75) is 6.92 Å². The van der Waals surface area contributed by atoms with Crippen LogP contribution in [0.2, 0.25) is 0 Å². The fraction of sp³-hybridized carbons (Fsp3) is 0.118. The van der Waals surface area contributed by atoms with Gasteiger partial charge in [0.2, 0.25) is 0 Å². The van der Waals surface area contributed by atoms with Crippen LogP contribution in [0.25, 0.3) is 6.08 Å². The lowest BCUT2D eigenvalue weighted by Crippen LogP contribution is -1.93. The number of ketones is 1. The fourth-order valence-corrected chi connectivity index (χ4v) is 1.77. The highest BCUT2D eigenvalue weighted by Gasteiger charge is 2.02. The van der Waals surface area contributed by atoms with Gasteiger partial charge < -0.3 is 9.84 Å². The summed E-state index contributed by atoms with van der Waals surface area (Å²) in [7, 11) is 0. The minimum Gasteiger partial charge on any atom is -0.508 e. The maximum absolute atomic E-state index is 11.9. The molecule has 0 bridgehead atoms. The highest BCUT2D eigenvalue weighted by molar-refractivity contribution is 6.07. The van der Waals surface area contributed by atoms with E-state index in [4.69, 9.17) is 4.74 Å². The minimum absolute atomic E-state index is 0.0883. The first-order valence-electron chi connectivity index (χ1n) is 6.43. The molecule has 0 aliphatic heterocycles. The number of rotatable bonds is 5. The normalized spacial score (nSPS) is 10.7. The van der Waals surface area contributed by atoms with Crippen molar-refractivity contribution in [3.8, 4) is 11.5 Å². The van der Waals surface area contributed by atoms with E-state index in [9.17, 15) is 9.90 Å². The molecule has 2 aromatic rings. The van der Waals surface area contributed by atoms with Gasteiger partial charge in [0, 0.05) is 5.56 Å². The van der Waals surface area contributed by atoms with Crippen LogP contribution >= 0.6 is 0 Å². The summed E-state index contributed by atoms with van der Waals surface area (Å²) in [6, 6.07) is 13.8. The monoisotopic (exact) mass is 268 g/mol. The Kier molecular flexibility index (Phi) is 4.56. The molecule has 0 radical (unpaired) electrons. The van der Waals surface area contributed by atoms with Crippen molar-refractivity contribution < 1.29 is 14.6 Å². The molecule has 0 aliphatic carbocycles. The Bertz CT molecular complexity index is 612. The van der Waals surface area contributed by atoms with Gasteiger partial charge in [-0.05, 0) is 42.8 Å². The Morgan fingerprint density at radius 2 is 1.95 bits per heavy atom. The van der Waals surface area contributed by atoms with Crippen LogP contribution in [-0.2, 0) is 0 Å². The average molecular weight is 268 g/mol. The molecular weight excluding hydrogens is 252 g/mol. The van der Waals surface area contributed by atoms with Crippen molar-refractivity contribution in [3.63, 3.8) is 0 Å². The van der Waals surface area contributed by atoms with Gasteiger partial charge in [-0.1, -0.05) is 30.3 Å². The van der Waals surface area contributed by atoms with Crippen molar-refractivity contribution in [2.75, 3.05) is 6.61 Å². The number of ether oxygens (including phenoxy) is 1. The summed E-state index contributed by atoms with van der Waals surface area (Å²) in [6.45, 7) is 2.56. The maximum Gasteiger partial charge on any atom is 0.185 e. The molecule has 102 valence electrons. The second-order valence-corrected chi connectivity index (χ2v) is 4.25. The largest absolute Gasteiger partial charge is 0.508 e. The van der Waals surface area contributed by atoms with E-state index in [0.717, 1.165) is 11.3 Å². The first-order valence-corrected chi connectivity index (χ1v) is 6.43. The second kappa shape index (κ2) is 6.57. The lowest BCUT2D eigenvalue weighted by Gasteiger charge is -2.02. The molecule has 0 saturated heterocycles. The zero-order valence-corrected chi connectivity index (χ0v) is 11.2. The Morgan fingerprint density at radius 3 is 2.60 bits per heavy atom. The zero-order chi connectivity index (χ0) is 14.4. The van der Waals surface area contributed by atoms with E-state index in [2.05, 4.69) is 0 Å². The molecule has 2 aromatic carbocycles. The summed E-state index contributed by atoms with van der Waals surface area (Å²) in [4.78, 5) is 11.9. The van der Waals surface area contributed by atoms with Crippen molar-refractivity contribution in [2.24, 2.45) is 0 Å². The topological polar surface area (TPSA) is 46.5 Å². The summed E-state index contributed by atoms with van der Waals surface area (Å²) in [6.07, 6.45) is 3.23. The van der Waals surface area contributed by atoms with E-state index >= 15 is 0 Å². The average Bonchev–Trinajstić information content (AvgIpc) is 2.46. The predicted octanol–water partition coefficient (Wildman–Crippen LogP) is 3.69. The molecule has 20 heavy (non-hydrogen) atoms. The predicted molar refractivity (Wildman–Crippen MR) is 79.1 cm³/mol. The standard InChI is InChI=1S/C17H16O3/c1-2-20-16-9-6-13(7-10-16)8-11-17(19)14-4-3-5-15(18)12-14/h3-12,18H,2H2,1H3. The molecule has 0 aliphatic rings. The van der Waals surface area contributed by atoms with Gasteiger partial charge in [0.25, 0.3) is 0 Å². The SMILES string of the molecule is CCOc1ccc(C=CC(=O)c2cccc(O)c2)cc1. The lowest BCUT2D eigenvalue weighted by molar-refractivity contribution is 0.104. The van der Waals surface area contributed by atoms with Crippen LogP contribution in [0.15, 0.2) is 54.6 Å². The van der Waals surface area contributed by atoms with Gasteiger partial charge >= 0.3 is 0 Å². The number of benzene rings is 2. The number of carbonyl (C=O) groups is 1.